The molecule has 0 spiro atoms. The molecule has 1 heterocycles. The molecule has 0 fully saturated rings. The largest absolute Gasteiger partial charge is 0.480 e. The van der Waals surface area contributed by atoms with Gasteiger partial charge in [0.2, 0.25) is 23.6 Å². The van der Waals surface area contributed by atoms with Crippen LogP contribution in [-0.4, -0.2) is 75.4 Å². The Balaban J connectivity index is 2.97. The lowest BCUT2D eigenvalue weighted by Crippen LogP contribution is -2.57. The third kappa shape index (κ3) is 10.4. The molecule has 0 saturated heterocycles. The highest BCUT2D eigenvalue weighted by atomic mass is 16.4. The van der Waals surface area contributed by atoms with Crippen molar-refractivity contribution in [2.24, 2.45) is 17.2 Å². The molecule has 1 aromatic rings. The highest BCUT2D eigenvalue weighted by Crippen LogP contribution is 2.06. The van der Waals surface area contributed by atoms with Crippen LogP contribution in [0.5, 0.6) is 0 Å². The Kier molecular flexibility index (Phi) is 12.2. The van der Waals surface area contributed by atoms with E-state index < -0.39 is 53.8 Å². The standard InChI is InChI=1S/C20H34N8O6/c1-11(22)17(30)26-14(5-6-16(23)29)19(32)27-13(4-2-3-7-21)18(31)28-15(20(33)34)8-12-9-24-10-25-12/h9-11,13-15H,2-8,21-22H2,1H3,(H2,23,29)(H,24,25)(H,26,30)(H,27,32)(H,28,31)(H,33,34). The molecule has 14 nitrogen and oxygen atoms in total. The first-order valence-corrected chi connectivity index (χ1v) is 10.9. The molecular formula is C20H34N8O6. The van der Waals surface area contributed by atoms with Crippen LogP contribution in [0.25, 0.3) is 0 Å². The van der Waals surface area contributed by atoms with Gasteiger partial charge in [-0.3, -0.25) is 19.2 Å². The molecule has 4 atom stereocenters. The van der Waals surface area contributed by atoms with Crippen LogP contribution in [0, 0.1) is 0 Å². The number of imidazole rings is 1. The van der Waals surface area contributed by atoms with E-state index in [0.717, 1.165) is 0 Å². The summed E-state index contributed by atoms with van der Waals surface area (Å²) in [4.78, 5) is 67.2. The summed E-state index contributed by atoms with van der Waals surface area (Å²) in [5.74, 6) is -4.01. The number of H-pyrrole nitrogens is 1. The van der Waals surface area contributed by atoms with E-state index in [1.54, 1.807) is 0 Å². The number of nitrogens with two attached hydrogens (primary N) is 3. The van der Waals surface area contributed by atoms with Gasteiger partial charge in [0.15, 0.2) is 0 Å². The Labute approximate surface area is 196 Å². The van der Waals surface area contributed by atoms with Gasteiger partial charge in [0.05, 0.1) is 12.4 Å². The molecule has 11 N–H and O–H groups in total. The van der Waals surface area contributed by atoms with Crippen molar-refractivity contribution in [1.82, 2.24) is 25.9 Å². The van der Waals surface area contributed by atoms with E-state index in [0.29, 0.717) is 25.1 Å². The Morgan fingerprint density at radius 2 is 1.59 bits per heavy atom. The number of unbranched alkanes of at least 4 members (excludes halogenated alkanes) is 1. The summed E-state index contributed by atoms with van der Waals surface area (Å²) >= 11 is 0. The van der Waals surface area contributed by atoms with Crippen LogP contribution >= 0.6 is 0 Å². The number of hydrogen-bond acceptors (Lipinski definition) is 8. The molecule has 0 aromatic carbocycles. The molecule has 14 heteroatoms. The SMILES string of the molecule is CC(N)C(=O)NC(CCC(N)=O)C(=O)NC(CCCCN)C(=O)NC(Cc1cnc[nH]1)C(=O)O. The van der Waals surface area contributed by atoms with Crippen molar-refractivity contribution in [3.63, 3.8) is 0 Å². The van der Waals surface area contributed by atoms with Crippen LogP contribution in [0.2, 0.25) is 0 Å². The number of nitrogens with one attached hydrogen (secondary N) is 4. The van der Waals surface area contributed by atoms with E-state index in [-0.39, 0.29) is 25.7 Å². The van der Waals surface area contributed by atoms with Crippen LogP contribution in [0.1, 0.15) is 44.7 Å². The predicted octanol–water partition coefficient (Wildman–Crippen LogP) is -2.77. The van der Waals surface area contributed by atoms with Gasteiger partial charge in [-0.15, -0.1) is 0 Å². The van der Waals surface area contributed by atoms with Crippen molar-refractivity contribution in [2.75, 3.05) is 6.54 Å². The predicted molar refractivity (Wildman–Crippen MR) is 121 cm³/mol. The van der Waals surface area contributed by atoms with Gasteiger partial charge in [-0.25, -0.2) is 9.78 Å². The van der Waals surface area contributed by atoms with Gasteiger partial charge in [0.1, 0.15) is 18.1 Å². The summed E-state index contributed by atoms with van der Waals surface area (Å²) in [5, 5.41) is 16.9. The quantitative estimate of drug-likeness (QED) is 0.113. The summed E-state index contributed by atoms with van der Waals surface area (Å²) < 4.78 is 0. The third-order valence-electron chi connectivity index (χ3n) is 4.90. The van der Waals surface area contributed by atoms with E-state index >= 15 is 0 Å². The average molecular weight is 483 g/mol. The smallest absolute Gasteiger partial charge is 0.326 e. The number of rotatable bonds is 16. The minimum atomic E-state index is -1.27. The van der Waals surface area contributed by atoms with Gasteiger partial charge < -0.3 is 43.2 Å². The maximum absolute atomic E-state index is 12.9. The second-order valence-corrected chi connectivity index (χ2v) is 7.88. The summed E-state index contributed by atoms with van der Waals surface area (Å²) in [7, 11) is 0. The number of aromatic amines is 1. The van der Waals surface area contributed by atoms with Gasteiger partial charge in [-0.1, -0.05) is 0 Å². The summed E-state index contributed by atoms with van der Waals surface area (Å²) in [6, 6.07) is -4.46. The van der Waals surface area contributed by atoms with Crippen LogP contribution in [0.15, 0.2) is 12.5 Å². The van der Waals surface area contributed by atoms with Gasteiger partial charge in [-0.05, 0) is 39.2 Å². The van der Waals surface area contributed by atoms with Crippen LogP contribution in [0.4, 0.5) is 0 Å². The monoisotopic (exact) mass is 482 g/mol. The van der Waals surface area contributed by atoms with Crippen LogP contribution in [0.3, 0.4) is 0 Å². The van der Waals surface area contributed by atoms with Gasteiger partial charge in [-0.2, -0.15) is 0 Å². The number of nitrogens with zero attached hydrogens (tertiary/aromatic N) is 1. The van der Waals surface area contributed by atoms with Crippen molar-refractivity contribution in [1.29, 1.82) is 0 Å². The molecule has 1 rings (SSSR count). The lowest BCUT2D eigenvalue weighted by atomic mass is 10.0. The maximum Gasteiger partial charge on any atom is 0.326 e. The molecule has 0 aliphatic rings. The molecule has 4 amide bonds. The summed E-state index contributed by atoms with van der Waals surface area (Å²) in [6.07, 6.45) is 3.71. The number of carbonyl (C=O) groups excluding carboxylic acids is 4. The number of amides is 4. The van der Waals surface area contributed by atoms with E-state index in [2.05, 4.69) is 25.9 Å². The van der Waals surface area contributed by atoms with Crippen molar-refractivity contribution < 1.29 is 29.1 Å². The van der Waals surface area contributed by atoms with E-state index in [4.69, 9.17) is 17.2 Å². The number of carboxylic acids is 1. The maximum atomic E-state index is 12.9. The molecule has 0 radical (unpaired) electrons. The first-order valence-electron chi connectivity index (χ1n) is 10.9. The Morgan fingerprint density at radius 1 is 1.00 bits per heavy atom. The fraction of sp³-hybridized carbons (Fsp3) is 0.600. The second kappa shape index (κ2) is 14.6. The molecule has 4 unspecified atom stereocenters. The van der Waals surface area contributed by atoms with Crippen molar-refractivity contribution in [3.05, 3.63) is 18.2 Å². The normalized spacial score (nSPS) is 14.3. The first-order chi connectivity index (χ1) is 16.0. The molecule has 0 aliphatic carbocycles. The zero-order valence-electron chi connectivity index (χ0n) is 19.1. The zero-order valence-corrected chi connectivity index (χ0v) is 19.1. The lowest BCUT2D eigenvalue weighted by Gasteiger charge is -2.25. The molecule has 34 heavy (non-hydrogen) atoms. The Morgan fingerprint density at radius 3 is 2.09 bits per heavy atom. The molecule has 0 aliphatic heterocycles. The number of carbonyl (C=O) groups is 5. The fourth-order valence-corrected chi connectivity index (χ4v) is 2.98. The average Bonchev–Trinajstić information content (AvgIpc) is 3.28. The molecule has 1 aromatic heterocycles. The molecule has 190 valence electrons. The Hall–Kier alpha value is -3.52. The number of primary amides is 1. The van der Waals surface area contributed by atoms with Crippen LogP contribution in [-0.2, 0) is 30.4 Å². The van der Waals surface area contributed by atoms with E-state index in [1.165, 1.54) is 19.4 Å². The second-order valence-electron chi connectivity index (χ2n) is 7.88. The molecular weight excluding hydrogens is 448 g/mol. The molecule has 0 saturated carbocycles. The van der Waals surface area contributed by atoms with Crippen molar-refractivity contribution in [3.8, 4) is 0 Å². The van der Waals surface area contributed by atoms with Crippen LogP contribution < -0.4 is 33.2 Å². The van der Waals surface area contributed by atoms with Gasteiger partial charge in [0.25, 0.3) is 0 Å². The number of hydrogen-bond donors (Lipinski definition) is 8. The fourth-order valence-electron chi connectivity index (χ4n) is 2.98. The lowest BCUT2D eigenvalue weighted by molar-refractivity contribution is -0.142. The Bertz CT molecular complexity index is 829. The van der Waals surface area contributed by atoms with Crippen molar-refractivity contribution in [2.45, 2.75) is 69.6 Å². The zero-order chi connectivity index (χ0) is 25.7. The summed E-state index contributed by atoms with van der Waals surface area (Å²) in [5.41, 5.74) is 16.7. The number of aliphatic carboxylic acids is 1. The minimum absolute atomic E-state index is 0.0454. The van der Waals surface area contributed by atoms with E-state index in [9.17, 15) is 29.1 Å². The van der Waals surface area contributed by atoms with Gasteiger partial charge >= 0.3 is 5.97 Å². The third-order valence-corrected chi connectivity index (χ3v) is 4.90. The first kappa shape index (κ1) is 28.5. The topological polar surface area (TPSA) is 248 Å². The summed E-state index contributed by atoms with van der Waals surface area (Å²) in [6.45, 7) is 1.79. The van der Waals surface area contributed by atoms with E-state index in [1.807, 2.05) is 0 Å². The number of carboxylic acid groups (broad SMARTS) is 1. The number of aromatic nitrogens is 2. The van der Waals surface area contributed by atoms with Gasteiger partial charge in [0, 0.05) is 24.7 Å². The van der Waals surface area contributed by atoms with Crippen molar-refractivity contribution >= 4 is 29.6 Å². The highest BCUT2D eigenvalue weighted by molar-refractivity contribution is 5.94. The minimum Gasteiger partial charge on any atom is -0.480 e. The highest BCUT2D eigenvalue weighted by Gasteiger charge is 2.30. The molecule has 0 bridgehead atoms.